The van der Waals surface area contributed by atoms with Gasteiger partial charge in [0.15, 0.2) is 0 Å². The molecule has 1 aliphatic heterocycles. The van der Waals surface area contributed by atoms with Gasteiger partial charge in [-0.05, 0) is 30.3 Å². The summed E-state index contributed by atoms with van der Waals surface area (Å²) >= 11 is 1.66. The molecule has 4 rings (SSSR count). The van der Waals surface area contributed by atoms with Crippen molar-refractivity contribution in [2.75, 3.05) is 31.6 Å². The number of morpholine rings is 1. The number of aromatic nitrogens is 2. The van der Waals surface area contributed by atoms with Crippen molar-refractivity contribution < 1.29 is 9.84 Å². The molecule has 1 saturated heterocycles. The maximum Gasteiger partial charge on any atom is 0.131 e. The van der Waals surface area contributed by atoms with Crippen LogP contribution in [0, 0.1) is 0 Å². The SMILES string of the molecule is OCc1ccc(-c2ccc(Nc3cccc(CN4CCOCC4)n3)s2)cn1. The van der Waals surface area contributed by atoms with Crippen molar-refractivity contribution in [1.82, 2.24) is 14.9 Å². The molecule has 0 aliphatic carbocycles. The fourth-order valence-electron chi connectivity index (χ4n) is 2.98. The lowest BCUT2D eigenvalue weighted by Crippen LogP contribution is -2.35. The first-order valence-electron chi connectivity index (χ1n) is 8.99. The van der Waals surface area contributed by atoms with Crippen molar-refractivity contribution in [3.63, 3.8) is 0 Å². The van der Waals surface area contributed by atoms with Gasteiger partial charge in [-0.15, -0.1) is 11.3 Å². The van der Waals surface area contributed by atoms with Crippen molar-refractivity contribution >= 4 is 22.2 Å². The van der Waals surface area contributed by atoms with Crippen molar-refractivity contribution in [3.8, 4) is 10.4 Å². The third kappa shape index (κ3) is 4.70. The van der Waals surface area contributed by atoms with Crippen LogP contribution in [0.4, 0.5) is 10.8 Å². The molecule has 0 aromatic carbocycles. The number of nitrogens with one attached hydrogen (secondary N) is 1. The Bertz CT molecular complexity index is 876. The Morgan fingerprint density at radius 2 is 1.96 bits per heavy atom. The summed E-state index contributed by atoms with van der Waals surface area (Å²) in [5.74, 6) is 0.850. The number of ether oxygens (including phenoxy) is 1. The van der Waals surface area contributed by atoms with Crippen LogP contribution in [0.1, 0.15) is 11.4 Å². The van der Waals surface area contributed by atoms with Gasteiger partial charge in [0.1, 0.15) is 5.82 Å². The predicted molar refractivity (Wildman–Crippen MR) is 107 cm³/mol. The second-order valence-electron chi connectivity index (χ2n) is 6.39. The van der Waals surface area contributed by atoms with Crippen LogP contribution < -0.4 is 5.32 Å². The molecular formula is C20H22N4O2S. The van der Waals surface area contributed by atoms with Crippen LogP contribution in [0.5, 0.6) is 0 Å². The minimum atomic E-state index is -0.0377. The number of hydrogen-bond donors (Lipinski definition) is 2. The number of thiophene rings is 1. The molecule has 6 nitrogen and oxygen atoms in total. The van der Waals surface area contributed by atoms with Crippen LogP contribution in [0.25, 0.3) is 10.4 Å². The maximum absolute atomic E-state index is 9.11. The first kappa shape index (κ1) is 18.1. The maximum atomic E-state index is 9.11. The van der Waals surface area contributed by atoms with E-state index in [1.807, 2.05) is 24.3 Å². The first-order valence-corrected chi connectivity index (χ1v) is 9.81. The second-order valence-corrected chi connectivity index (χ2v) is 7.47. The van der Waals surface area contributed by atoms with Gasteiger partial charge in [-0.3, -0.25) is 9.88 Å². The minimum Gasteiger partial charge on any atom is -0.390 e. The summed E-state index contributed by atoms with van der Waals surface area (Å²) in [5.41, 5.74) is 2.77. The Kier molecular flexibility index (Phi) is 5.74. The number of aliphatic hydroxyl groups excluding tert-OH is 1. The molecule has 0 unspecified atom stereocenters. The molecule has 27 heavy (non-hydrogen) atoms. The van der Waals surface area contributed by atoms with Crippen LogP contribution >= 0.6 is 11.3 Å². The molecule has 0 atom stereocenters. The fraction of sp³-hybridized carbons (Fsp3) is 0.300. The van der Waals surface area contributed by atoms with Gasteiger partial charge in [0.25, 0.3) is 0 Å². The third-order valence-electron chi connectivity index (χ3n) is 4.42. The Morgan fingerprint density at radius 3 is 2.74 bits per heavy atom. The second kappa shape index (κ2) is 8.58. The zero-order valence-electron chi connectivity index (χ0n) is 15.0. The van der Waals surface area contributed by atoms with E-state index < -0.39 is 0 Å². The van der Waals surface area contributed by atoms with Gasteiger partial charge in [0, 0.05) is 36.3 Å². The number of aliphatic hydroxyl groups is 1. The minimum absolute atomic E-state index is 0.0377. The highest BCUT2D eigenvalue weighted by atomic mass is 32.1. The molecule has 0 radical (unpaired) electrons. The standard InChI is InChI=1S/C20H22N4O2S/c25-14-17-5-4-15(12-21-17)18-6-7-20(27-18)23-19-3-1-2-16(22-19)13-24-8-10-26-11-9-24/h1-7,12,25H,8-11,13-14H2,(H,22,23). The summed E-state index contributed by atoms with van der Waals surface area (Å²) in [7, 11) is 0. The van der Waals surface area contributed by atoms with Gasteiger partial charge in [-0.25, -0.2) is 4.98 Å². The van der Waals surface area contributed by atoms with E-state index in [1.54, 1.807) is 17.5 Å². The van der Waals surface area contributed by atoms with Crippen LogP contribution in [0.2, 0.25) is 0 Å². The molecule has 0 spiro atoms. The van der Waals surface area contributed by atoms with Crippen LogP contribution in [0.3, 0.4) is 0 Å². The Balaban J connectivity index is 1.43. The summed E-state index contributed by atoms with van der Waals surface area (Å²) in [4.78, 5) is 12.5. The first-order chi connectivity index (χ1) is 13.3. The van der Waals surface area contributed by atoms with Crippen molar-refractivity contribution in [1.29, 1.82) is 0 Å². The average molecular weight is 382 g/mol. The molecule has 1 fully saturated rings. The van der Waals surface area contributed by atoms with Crippen molar-refractivity contribution in [2.24, 2.45) is 0 Å². The van der Waals surface area contributed by atoms with Gasteiger partial charge in [-0.1, -0.05) is 12.1 Å². The lowest BCUT2D eigenvalue weighted by atomic mass is 10.2. The molecule has 140 valence electrons. The Labute approximate surface area is 162 Å². The van der Waals surface area contributed by atoms with Crippen molar-refractivity contribution in [3.05, 3.63) is 60.0 Å². The zero-order chi connectivity index (χ0) is 18.5. The molecule has 0 bridgehead atoms. The van der Waals surface area contributed by atoms with Gasteiger partial charge in [0.2, 0.25) is 0 Å². The summed E-state index contributed by atoms with van der Waals surface area (Å²) in [6.45, 7) is 4.31. The number of pyridine rings is 2. The van der Waals surface area contributed by atoms with E-state index in [1.165, 1.54) is 0 Å². The lowest BCUT2D eigenvalue weighted by molar-refractivity contribution is 0.0337. The quantitative estimate of drug-likeness (QED) is 0.682. The van der Waals surface area contributed by atoms with E-state index in [0.29, 0.717) is 5.69 Å². The van der Waals surface area contributed by atoms with Crippen LogP contribution in [-0.2, 0) is 17.9 Å². The molecule has 3 aromatic rings. The Hall–Kier alpha value is -2.32. The molecule has 7 heteroatoms. The van der Waals surface area contributed by atoms with Crippen molar-refractivity contribution in [2.45, 2.75) is 13.2 Å². The summed E-state index contributed by atoms with van der Waals surface area (Å²) in [6.07, 6.45) is 1.79. The summed E-state index contributed by atoms with van der Waals surface area (Å²) < 4.78 is 5.40. The third-order valence-corrected chi connectivity index (χ3v) is 5.47. The highest BCUT2D eigenvalue weighted by Gasteiger charge is 2.12. The lowest BCUT2D eigenvalue weighted by Gasteiger charge is -2.26. The monoisotopic (exact) mass is 382 g/mol. The smallest absolute Gasteiger partial charge is 0.131 e. The van der Waals surface area contributed by atoms with Gasteiger partial charge in [0.05, 0.1) is 36.2 Å². The molecular weight excluding hydrogens is 360 g/mol. The largest absolute Gasteiger partial charge is 0.390 e. The number of hydrogen-bond acceptors (Lipinski definition) is 7. The molecule has 4 heterocycles. The van der Waals surface area contributed by atoms with Gasteiger partial charge in [-0.2, -0.15) is 0 Å². The van der Waals surface area contributed by atoms with Crippen LogP contribution in [-0.4, -0.2) is 46.3 Å². The molecule has 2 N–H and O–H groups in total. The molecule has 3 aromatic heterocycles. The molecule has 0 amide bonds. The normalized spacial score (nSPS) is 15.0. The zero-order valence-corrected chi connectivity index (χ0v) is 15.8. The number of anilines is 2. The van der Waals surface area contributed by atoms with Crippen LogP contribution in [0.15, 0.2) is 48.7 Å². The highest BCUT2D eigenvalue weighted by Crippen LogP contribution is 2.32. The van der Waals surface area contributed by atoms with E-state index >= 15 is 0 Å². The highest BCUT2D eigenvalue weighted by molar-refractivity contribution is 7.19. The molecule has 0 saturated carbocycles. The van der Waals surface area contributed by atoms with Gasteiger partial charge >= 0.3 is 0 Å². The summed E-state index contributed by atoms with van der Waals surface area (Å²) in [6, 6.07) is 14.0. The number of rotatable bonds is 6. The van der Waals surface area contributed by atoms with E-state index in [2.05, 4.69) is 33.4 Å². The van der Waals surface area contributed by atoms with Gasteiger partial charge < -0.3 is 15.2 Å². The van der Waals surface area contributed by atoms with E-state index in [4.69, 9.17) is 14.8 Å². The topological polar surface area (TPSA) is 70.5 Å². The van der Waals surface area contributed by atoms with E-state index in [-0.39, 0.29) is 6.61 Å². The fourth-order valence-corrected chi connectivity index (χ4v) is 3.88. The number of nitrogens with zero attached hydrogens (tertiary/aromatic N) is 3. The predicted octanol–water partition coefficient (Wildman–Crippen LogP) is 3.27. The average Bonchev–Trinajstić information content (AvgIpc) is 3.17. The van der Waals surface area contributed by atoms with E-state index in [9.17, 15) is 0 Å². The summed E-state index contributed by atoms with van der Waals surface area (Å²) in [5, 5.41) is 13.5. The van der Waals surface area contributed by atoms with E-state index in [0.717, 1.165) is 59.8 Å². The Morgan fingerprint density at radius 1 is 1.07 bits per heavy atom. The molecule has 1 aliphatic rings.